The van der Waals surface area contributed by atoms with Gasteiger partial charge in [-0.2, -0.15) is 0 Å². The number of oxazole rings is 1. The van der Waals surface area contributed by atoms with Gasteiger partial charge in [-0.15, -0.1) is 0 Å². The Balaban J connectivity index is 1.36. The molecular formula is C27H21N3O5. The van der Waals surface area contributed by atoms with Crippen molar-refractivity contribution in [2.24, 2.45) is 0 Å². The lowest BCUT2D eigenvalue weighted by molar-refractivity contribution is -0.384. The van der Waals surface area contributed by atoms with Crippen molar-refractivity contribution in [3.63, 3.8) is 0 Å². The third-order valence-corrected chi connectivity index (χ3v) is 5.62. The fourth-order valence-electron chi connectivity index (χ4n) is 3.74. The van der Waals surface area contributed by atoms with Gasteiger partial charge in [-0.1, -0.05) is 38.1 Å². The Morgan fingerprint density at radius 1 is 0.943 bits per heavy atom. The number of carbonyl (C=O) groups excluding carboxylic acids is 1. The maximum Gasteiger partial charge on any atom is 0.291 e. The van der Waals surface area contributed by atoms with Crippen molar-refractivity contribution in [1.82, 2.24) is 4.98 Å². The number of nitrogens with zero attached hydrogens (tertiary/aromatic N) is 2. The van der Waals surface area contributed by atoms with Crippen LogP contribution in [0.3, 0.4) is 0 Å². The molecule has 5 aromatic rings. The first-order chi connectivity index (χ1) is 16.9. The third kappa shape index (κ3) is 4.54. The minimum Gasteiger partial charge on any atom is -0.451 e. The molecule has 5 rings (SSSR count). The van der Waals surface area contributed by atoms with Gasteiger partial charge < -0.3 is 14.2 Å². The maximum absolute atomic E-state index is 12.8. The van der Waals surface area contributed by atoms with Gasteiger partial charge >= 0.3 is 0 Å². The number of benzene rings is 3. The van der Waals surface area contributed by atoms with Gasteiger partial charge in [0.25, 0.3) is 11.6 Å². The van der Waals surface area contributed by atoms with Gasteiger partial charge in [-0.05, 0) is 53.9 Å². The molecule has 0 aliphatic carbocycles. The minimum atomic E-state index is -0.479. The fraction of sp³-hybridized carbons (Fsp3) is 0.111. The van der Waals surface area contributed by atoms with E-state index in [-0.39, 0.29) is 11.4 Å². The van der Waals surface area contributed by atoms with Crippen molar-refractivity contribution < 1.29 is 18.6 Å². The molecule has 0 bridgehead atoms. The quantitative estimate of drug-likeness (QED) is 0.212. The van der Waals surface area contributed by atoms with E-state index >= 15 is 0 Å². The highest BCUT2D eigenvalue weighted by Gasteiger charge is 2.16. The summed E-state index contributed by atoms with van der Waals surface area (Å²) >= 11 is 0. The number of rotatable bonds is 6. The number of hydrogen-bond acceptors (Lipinski definition) is 6. The summed E-state index contributed by atoms with van der Waals surface area (Å²) in [5, 5.41) is 13.8. The molecule has 0 unspecified atom stereocenters. The van der Waals surface area contributed by atoms with Crippen LogP contribution < -0.4 is 5.32 Å². The number of aromatic nitrogens is 1. The SMILES string of the molecule is CC(C)c1ccc2oc(-c3cccc(NC(=O)c4ccc(-c5cccc([N+](=O)[O-])c5)o4)c3)nc2c1. The summed E-state index contributed by atoms with van der Waals surface area (Å²) in [6.45, 7) is 4.25. The molecule has 0 atom stereocenters. The van der Waals surface area contributed by atoms with E-state index in [1.54, 1.807) is 36.4 Å². The lowest BCUT2D eigenvalue weighted by atomic mass is 10.0. The topological polar surface area (TPSA) is 111 Å². The molecular weight excluding hydrogens is 446 g/mol. The number of nitro groups is 1. The van der Waals surface area contributed by atoms with Gasteiger partial charge in [0.2, 0.25) is 5.89 Å². The molecule has 0 radical (unpaired) electrons. The van der Waals surface area contributed by atoms with Crippen LogP contribution in [0.1, 0.15) is 35.9 Å². The predicted octanol–water partition coefficient (Wildman–Crippen LogP) is 7.04. The van der Waals surface area contributed by atoms with Crippen LogP contribution in [-0.2, 0) is 0 Å². The number of carbonyl (C=O) groups is 1. The molecule has 0 saturated carbocycles. The van der Waals surface area contributed by atoms with Crippen LogP contribution in [0, 0.1) is 10.1 Å². The molecule has 1 amide bonds. The van der Waals surface area contributed by atoms with Crippen LogP contribution in [0.5, 0.6) is 0 Å². The molecule has 0 aliphatic heterocycles. The molecule has 35 heavy (non-hydrogen) atoms. The average Bonchev–Trinajstić information content (AvgIpc) is 3.51. The monoisotopic (exact) mass is 467 g/mol. The Hall–Kier alpha value is -4.72. The molecule has 1 N–H and O–H groups in total. The summed E-state index contributed by atoms with van der Waals surface area (Å²) in [5.74, 6) is 0.845. The summed E-state index contributed by atoms with van der Waals surface area (Å²) < 4.78 is 11.6. The maximum atomic E-state index is 12.8. The summed E-state index contributed by atoms with van der Waals surface area (Å²) in [6, 6.07) is 22.3. The normalized spacial score (nSPS) is 11.2. The van der Waals surface area contributed by atoms with Crippen molar-refractivity contribution in [2.45, 2.75) is 19.8 Å². The Labute approximate surface area is 200 Å². The smallest absolute Gasteiger partial charge is 0.291 e. The predicted molar refractivity (Wildman–Crippen MR) is 132 cm³/mol. The number of anilines is 1. The number of non-ortho nitro benzene ring substituents is 1. The van der Waals surface area contributed by atoms with Gasteiger partial charge in [0.15, 0.2) is 11.3 Å². The van der Waals surface area contributed by atoms with Gasteiger partial charge in [-0.25, -0.2) is 4.98 Å². The van der Waals surface area contributed by atoms with E-state index in [0.717, 1.165) is 11.1 Å². The Morgan fingerprint density at radius 2 is 1.74 bits per heavy atom. The van der Waals surface area contributed by atoms with Crippen molar-refractivity contribution in [3.8, 4) is 22.8 Å². The molecule has 0 saturated heterocycles. The molecule has 8 nitrogen and oxygen atoms in total. The minimum absolute atomic E-state index is 0.0543. The van der Waals surface area contributed by atoms with Crippen molar-refractivity contribution in [3.05, 3.63) is 100 Å². The van der Waals surface area contributed by atoms with Crippen LogP contribution in [0.25, 0.3) is 33.9 Å². The fourth-order valence-corrected chi connectivity index (χ4v) is 3.74. The number of nitrogens with one attached hydrogen (secondary N) is 1. The summed E-state index contributed by atoms with van der Waals surface area (Å²) in [5.41, 5.74) is 4.39. The van der Waals surface area contributed by atoms with Crippen molar-refractivity contribution in [1.29, 1.82) is 0 Å². The molecule has 3 aromatic carbocycles. The van der Waals surface area contributed by atoms with E-state index in [9.17, 15) is 14.9 Å². The number of furan rings is 1. The standard InChI is InChI=1S/C27H21N3O5/c1-16(2)17-9-10-24-22(15-17)29-27(35-24)19-6-3-7-20(13-19)28-26(31)25-12-11-23(34-25)18-5-4-8-21(14-18)30(32)33/h3-16H,1-2H3,(H,28,31). The first-order valence-electron chi connectivity index (χ1n) is 11.0. The molecule has 0 aliphatic rings. The Morgan fingerprint density at radius 3 is 2.54 bits per heavy atom. The molecule has 0 spiro atoms. The second-order valence-electron chi connectivity index (χ2n) is 8.41. The zero-order valence-electron chi connectivity index (χ0n) is 19.0. The number of hydrogen-bond donors (Lipinski definition) is 1. The largest absolute Gasteiger partial charge is 0.451 e. The second-order valence-corrected chi connectivity index (χ2v) is 8.41. The first-order valence-corrected chi connectivity index (χ1v) is 11.0. The van der Waals surface area contributed by atoms with Gasteiger partial charge in [0, 0.05) is 28.9 Å². The van der Waals surface area contributed by atoms with Gasteiger partial charge in [0.1, 0.15) is 11.3 Å². The van der Waals surface area contributed by atoms with E-state index in [1.807, 2.05) is 24.3 Å². The van der Waals surface area contributed by atoms with E-state index in [1.165, 1.54) is 23.8 Å². The van der Waals surface area contributed by atoms with Gasteiger partial charge in [0.05, 0.1) is 4.92 Å². The van der Waals surface area contributed by atoms with Crippen LogP contribution in [-0.4, -0.2) is 15.8 Å². The average molecular weight is 467 g/mol. The lowest BCUT2D eigenvalue weighted by Crippen LogP contribution is -2.10. The first kappa shape index (κ1) is 22.1. The molecule has 0 fully saturated rings. The molecule has 8 heteroatoms. The van der Waals surface area contributed by atoms with Crippen molar-refractivity contribution in [2.75, 3.05) is 5.32 Å². The van der Waals surface area contributed by atoms with E-state index in [0.29, 0.717) is 34.4 Å². The number of nitro benzene ring substituents is 1. The van der Waals surface area contributed by atoms with E-state index in [2.05, 4.69) is 24.1 Å². The van der Waals surface area contributed by atoms with Crippen LogP contribution in [0.4, 0.5) is 11.4 Å². The highest BCUT2D eigenvalue weighted by Crippen LogP contribution is 2.29. The van der Waals surface area contributed by atoms with Crippen molar-refractivity contribution >= 4 is 28.4 Å². The summed E-state index contributed by atoms with van der Waals surface area (Å²) in [4.78, 5) is 27.9. The van der Waals surface area contributed by atoms with Gasteiger partial charge in [-0.3, -0.25) is 14.9 Å². The summed E-state index contributed by atoms with van der Waals surface area (Å²) in [6.07, 6.45) is 0. The number of amides is 1. The molecule has 2 aromatic heterocycles. The highest BCUT2D eigenvalue weighted by molar-refractivity contribution is 6.02. The number of fused-ring (bicyclic) bond motifs is 1. The zero-order chi connectivity index (χ0) is 24.5. The van der Waals surface area contributed by atoms with E-state index < -0.39 is 10.8 Å². The van der Waals surface area contributed by atoms with Crippen LogP contribution in [0.15, 0.2) is 87.7 Å². The second kappa shape index (κ2) is 8.90. The zero-order valence-corrected chi connectivity index (χ0v) is 19.0. The molecule has 174 valence electrons. The molecule has 2 heterocycles. The Kier molecular flexibility index (Phi) is 5.62. The van der Waals surface area contributed by atoms with Crippen LogP contribution >= 0.6 is 0 Å². The summed E-state index contributed by atoms with van der Waals surface area (Å²) in [7, 11) is 0. The highest BCUT2D eigenvalue weighted by atomic mass is 16.6. The van der Waals surface area contributed by atoms with E-state index in [4.69, 9.17) is 8.83 Å². The lowest BCUT2D eigenvalue weighted by Gasteiger charge is -2.04. The Bertz CT molecular complexity index is 1560. The van der Waals surface area contributed by atoms with Crippen LogP contribution in [0.2, 0.25) is 0 Å². The third-order valence-electron chi connectivity index (χ3n) is 5.62.